The lowest BCUT2D eigenvalue weighted by atomic mass is 10.0. The number of ether oxygens (including phenoxy) is 1. The lowest BCUT2D eigenvalue weighted by Crippen LogP contribution is -2.25. The van der Waals surface area contributed by atoms with Gasteiger partial charge in [0.25, 0.3) is 0 Å². The summed E-state index contributed by atoms with van der Waals surface area (Å²) >= 11 is 0. The Morgan fingerprint density at radius 2 is 1.93 bits per heavy atom. The quantitative estimate of drug-likeness (QED) is 0.605. The molecule has 0 N–H and O–H groups in total. The van der Waals surface area contributed by atoms with Gasteiger partial charge in [-0.1, -0.05) is 55.4 Å². The van der Waals surface area contributed by atoms with Gasteiger partial charge in [0.1, 0.15) is 5.75 Å². The van der Waals surface area contributed by atoms with Gasteiger partial charge >= 0.3 is 0 Å². The Morgan fingerprint density at radius 1 is 1.17 bits per heavy atom. The highest BCUT2D eigenvalue weighted by Crippen LogP contribution is 2.36. The average molecular weight is 391 g/mol. The Labute approximate surface area is 170 Å². The van der Waals surface area contributed by atoms with Crippen molar-refractivity contribution in [2.45, 2.75) is 39.0 Å². The molecule has 1 aliphatic heterocycles. The molecule has 1 amide bonds. The maximum Gasteiger partial charge on any atom is 0.232 e. The van der Waals surface area contributed by atoms with Crippen LogP contribution in [0.2, 0.25) is 0 Å². The minimum atomic E-state index is -0.131. The first-order chi connectivity index (χ1) is 14.1. The molecule has 0 spiro atoms. The molecule has 1 atom stereocenters. The number of aromatic nitrogens is 2. The molecular formula is C23H25N3O3. The summed E-state index contributed by atoms with van der Waals surface area (Å²) < 4.78 is 11.2. The Hall–Kier alpha value is -3.15. The van der Waals surface area contributed by atoms with E-state index in [0.717, 1.165) is 11.3 Å². The molecule has 2 heterocycles. The number of carbonyl (C=O) groups is 1. The number of hydrogen-bond donors (Lipinski definition) is 0. The summed E-state index contributed by atoms with van der Waals surface area (Å²) in [4.78, 5) is 19.0. The fourth-order valence-electron chi connectivity index (χ4n) is 3.60. The normalized spacial score (nSPS) is 16.6. The van der Waals surface area contributed by atoms with E-state index in [-0.39, 0.29) is 11.8 Å². The molecule has 3 aromatic rings. The standard InChI is InChI=1S/C23H25N3O3/c1-4-28-20-8-6-5-7-19(20)26-14-18(13-21(26)27)23-24-22(25-29-23)17-11-9-16(10-12-17)15(2)3/h5-12,15,18H,4,13-14H2,1-3H3. The summed E-state index contributed by atoms with van der Waals surface area (Å²) in [7, 11) is 0. The van der Waals surface area contributed by atoms with Crippen LogP contribution in [0, 0.1) is 0 Å². The van der Waals surface area contributed by atoms with Crippen molar-refractivity contribution in [3.05, 3.63) is 60.0 Å². The third-order valence-electron chi connectivity index (χ3n) is 5.21. The fourth-order valence-corrected chi connectivity index (χ4v) is 3.60. The smallest absolute Gasteiger partial charge is 0.232 e. The van der Waals surface area contributed by atoms with E-state index in [1.807, 2.05) is 43.3 Å². The first-order valence-electron chi connectivity index (χ1n) is 10.0. The number of benzene rings is 2. The van der Waals surface area contributed by atoms with Crippen molar-refractivity contribution >= 4 is 11.6 Å². The zero-order valence-electron chi connectivity index (χ0n) is 17.0. The highest BCUT2D eigenvalue weighted by molar-refractivity contribution is 5.97. The van der Waals surface area contributed by atoms with Crippen LogP contribution in [0.15, 0.2) is 53.1 Å². The monoisotopic (exact) mass is 391 g/mol. The molecule has 1 fully saturated rings. The topological polar surface area (TPSA) is 68.5 Å². The van der Waals surface area contributed by atoms with Gasteiger partial charge in [-0.3, -0.25) is 4.79 Å². The van der Waals surface area contributed by atoms with E-state index in [1.165, 1.54) is 5.56 Å². The number of carbonyl (C=O) groups excluding carboxylic acids is 1. The summed E-state index contributed by atoms with van der Waals surface area (Å²) in [6.45, 7) is 7.29. The third kappa shape index (κ3) is 3.88. The maximum atomic E-state index is 12.7. The van der Waals surface area contributed by atoms with Gasteiger partial charge in [0.2, 0.25) is 17.6 Å². The molecule has 1 aromatic heterocycles. The Morgan fingerprint density at radius 3 is 2.66 bits per heavy atom. The number of hydrogen-bond acceptors (Lipinski definition) is 5. The lowest BCUT2D eigenvalue weighted by molar-refractivity contribution is -0.117. The highest BCUT2D eigenvalue weighted by Gasteiger charge is 2.36. The van der Waals surface area contributed by atoms with Crippen molar-refractivity contribution in [3.63, 3.8) is 0 Å². The van der Waals surface area contributed by atoms with Crippen molar-refractivity contribution in [2.24, 2.45) is 0 Å². The van der Waals surface area contributed by atoms with Crippen LogP contribution >= 0.6 is 0 Å². The van der Waals surface area contributed by atoms with E-state index in [1.54, 1.807) is 4.90 Å². The maximum absolute atomic E-state index is 12.7. The van der Waals surface area contributed by atoms with Crippen LogP contribution in [-0.2, 0) is 4.79 Å². The molecule has 0 saturated carbocycles. The van der Waals surface area contributed by atoms with Crippen LogP contribution in [0.1, 0.15) is 50.5 Å². The molecule has 6 nitrogen and oxygen atoms in total. The van der Waals surface area contributed by atoms with Crippen molar-refractivity contribution in [1.29, 1.82) is 0 Å². The predicted octanol–water partition coefficient (Wildman–Crippen LogP) is 4.78. The average Bonchev–Trinajstić information content (AvgIpc) is 3.36. The van der Waals surface area contributed by atoms with E-state index in [9.17, 15) is 4.79 Å². The number of rotatable bonds is 6. The Bertz CT molecular complexity index is 995. The first-order valence-corrected chi connectivity index (χ1v) is 10.0. The van der Waals surface area contributed by atoms with E-state index in [4.69, 9.17) is 9.26 Å². The van der Waals surface area contributed by atoms with Gasteiger partial charge in [0.15, 0.2) is 0 Å². The van der Waals surface area contributed by atoms with Gasteiger partial charge in [-0.25, -0.2) is 0 Å². The first kappa shape index (κ1) is 19.2. The van der Waals surface area contributed by atoms with E-state index >= 15 is 0 Å². The number of para-hydroxylation sites is 2. The van der Waals surface area contributed by atoms with Gasteiger partial charge in [-0.15, -0.1) is 0 Å². The Balaban J connectivity index is 1.53. The molecule has 2 aromatic carbocycles. The van der Waals surface area contributed by atoms with Crippen LogP contribution in [0.4, 0.5) is 5.69 Å². The van der Waals surface area contributed by atoms with Crippen molar-refractivity contribution < 1.29 is 14.1 Å². The molecule has 4 rings (SSSR count). The van der Waals surface area contributed by atoms with E-state index in [2.05, 4.69) is 36.1 Å². The second kappa shape index (κ2) is 8.07. The fraction of sp³-hybridized carbons (Fsp3) is 0.348. The zero-order valence-corrected chi connectivity index (χ0v) is 17.0. The number of anilines is 1. The second-order valence-corrected chi connectivity index (χ2v) is 7.54. The van der Waals surface area contributed by atoms with Crippen LogP contribution < -0.4 is 9.64 Å². The molecule has 0 bridgehead atoms. The molecule has 29 heavy (non-hydrogen) atoms. The summed E-state index contributed by atoms with van der Waals surface area (Å²) in [5, 5.41) is 4.13. The van der Waals surface area contributed by atoms with E-state index in [0.29, 0.717) is 43.0 Å². The SMILES string of the molecule is CCOc1ccccc1N1CC(c2nc(-c3ccc(C(C)C)cc3)no2)CC1=O. The molecule has 150 valence electrons. The van der Waals surface area contributed by atoms with Gasteiger partial charge in [0, 0.05) is 18.5 Å². The summed E-state index contributed by atoms with van der Waals surface area (Å²) in [5.74, 6) is 2.13. The zero-order chi connectivity index (χ0) is 20.4. The van der Waals surface area contributed by atoms with Crippen LogP contribution in [0.25, 0.3) is 11.4 Å². The minimum Gasteiger partial charge on any atom is -0.492 e. The second-order valence-electron chi connectivity index (χ2n) is 7.54. The molecule has 1 aliphatic rings. The number of nitrogens with zero attached hydrogens (tertiary/aromatic N) is 3. The third-order valence-corrected chi connectivity index (χ3v) is 5.21. The van der Waals surface area contributed by atoms with Crippen molar-refractivity contribution in [2.75, 3.05) is 18.1 Å². The molecule has 0 radical (unpaired) electrons. The molecule has 1 saturated heterocycles. The lowest BCUT2D eigenvalue weighted by Gasteiger charge is -2.19. The largest absolute Gasteiger partial charge is 0.492 e. The van der Waals surface area contributed by atoms with Gasteiger partial charge in [-0.05, 0) is 30.5 Å². The van der Waals surface area contributed by atoms with Gasteiger partial charge < -0.3 is 14.2 Å². The highest BCUT2D eigenvalue weighted by atomic mass is 16.5. The Kier molecular flexibility index (Phi) is 5.34. The van der Waals surface area contributed by atoms with E-state index < -0.39 is 0 Å². The molecular weight excluding hydrogens is 366 g/mol. The van der Waals surface area contributed by atoms with Crippen molar-refractivity contribution in [3.8, 4) is 17.1 Å². The minimum absolute atomic E-state index is 0.0307. The molecule has 1 unspecified atom stereocenters. The van der Waals surface area contributed by atoms with Crippen LogP contribution in [0.3, 0.4) is 0 Å². The summed E-state index contributed by atoms with van der Waals surface area (Å²) in [6.07, 6.45) is 0.342. The van der Waals surface area contributed by atoms with Gasteiger partial charge in [-0.2, -0.15) is 4.98 Å². The van der Waals surface area contributed by atoms with Gasteiger partial charge in [0.05, 0.1) is 18.2 Å². The molecule has 0 aliphatic carbocycles. The summed E-state index contributed by atoms with van der Waals surface area (Å²) in [5.41, 5.74) is 2.96. The summed E-state index contributed by atoms with van der Waals surface area (Å²) in [6, 6.07) is 15.8. The van der Waals surface area contributed by atoms with Crippen molar-refractivity contribution in [1.82, 2.24) is 10.1 Å². The molecule has 6 heteroatoms. The number of amides is 1. The van der Waals surface area contributed by atoms with Crippen LogP contribution in [0.5, 0.6) is 5.75 Å². The van der Waals surface area contributed by atoms with Crippen LogP contribution in [-0.4, -0.2) is 29.2 Å². The predicted molar refractivity (Wildman–Crippen MR) is 111 cm³/mol.